The lowest BCUT2D eigenvalue weighted by atomic mass is 9.85. The Morgan fingerprint density at radius 3 is 2.72 bits per heavy atom. The molecule has 1 aromatic carbocycles. The normalized spacial score (nSPS) is 19.1. The molecule has 9 heteroatoms. The van der Waals surface area contributed by atoms with Crippen LogP contribution in [0.5, 0.6) is 0 Å². The van der Waals surface area contributed by atoms with Crippen LogP contribution in [0.15, 0.2) is 42.7 Å². The van der Waals surface area contributed by atoms with Crippen LogP contribution < -0.4 is 11.1 Å². The minimum atomic E-state index is -0.599. The van der Waals surface area contributed by atoms with E-state index in [2.05, 4.69) is 20.4 Å². The molecular weight excluding hydrogens is 378 g/mol. The van der Waals surface area contributed by atoms with Crippen molar-refractivity contribution in [1.82, 2.24) is 19.7 Å². The van der Waals surface area contributed by atoms with E-state index < -0.39 is 5.82 Å². The van der Waals surface area contributed by atoms with Gasteiger partial charge in [0, 0.05) is 18.2 Å². The van der Waals surface area contributed by atoms with Gasteiger partial charge in [0.25, 0.3) is 0 Å². The fourth-order valence-corrected chi connectivity index (χ4v) is 3.57. The lowest BCUT2D eigenvalue weighted by molar-refractivity contribution is -0.122. The lowest BCUT2D eigenvalue weighted by Gasteiger charge is -2.27. The molecule has 3 aromatic rings. The highest BCUT2D eigenvalue weighted by Crippen LogP contribution is 2.27. The summed E-state index contributed by atoms with van der Waals surface area (Å²) < 4.78 is 29.0. The molecule has 1 amide bonds. The van der Waals surface area contributed by atoms with Gasteiger partial charge in [-0.2, -0.15) is 5.10 Å². The molecular formula is C20H20F2N6O. The molecule has 1 saturated carbocycles. The second kappa shape index (κ2) is 7.94. The van der Waals surface area contributed by atoms with Gasteiger partial charge in [-0.15, -0.1) is 0 Å². The van der Waals surface area contributed by atoms with Crippen LogP contribution in [0.1, 0.15) is 25.7 Å². The molecule has 0 radical (unpaired) electrons. The average molecular weight is 398 g/mol. The van der Waals surface area contributed by atoms with Crippen molar-refractivity contribution in [2.24, 2.45) is 11.7 Å². The summed E-state index contributed by atoms with van der Waals surface area (Å²) >= 11 is 0. The molecule has 4 rings (SSSR count). The Labute approximate surface area is 166 Å². The first-order chi connectivity index (χ1) is 14.0. The van der Waals surface area contributed by atoms with Crippen molar-refractivity contribution in [3.63, 3.8) is 0 Å². The van der Waals surface area contributed by atoms with E-state index in [1.54, 1.807) is 24.4 Å². The third-order valence-corrected chi connectivity index (χ3v) is 5.08. The molecule has 2 unspecified atom stereocenters. The number of aromatic nitrogens is 4. The molecule has 1 fully saturated rings. The smallest absolute Gasteiger partial charge is 0.223 e. The van der Waals surface area contributed by atoms with E-state index >= 15 is 0 Å². The van der Waals surface area contributed by atoms with E-state index in [0.717, 1.165) is 25.5 Å². The first-order valence-electron chi connectivity index (χ1n) is 9.40. The quantitative estimate of drug-likeness (QED) is 0.688. The van der Waals surface area contributed by atoms with E-state index in [-0.39, 0.29) is 35.3 Å². The summed E-state index contributed by atoms with van der Waals surface area (Å²) in [7, 11) is 0. The molecule has 0 aliphatic heterocycles. The van der Waals surface area contributed by atoms with Crippen molar-refractivity contribution < 1.29 is 13.6 Å². The number of nitrogens with one attached hydrogen (secondary N) is 1. The summed E-state index contributed by atoms with van der Waals surface area (Å²) in [5.41, 5.74) is 6.46. The highest BCUT2D eigenvalue weighted by Gasteiger charge is 2.26. The van der Waals surface area contributed by atoms with Crippen molar-refractivity contribution in [3.05, 3.63) is 54.4 Å². The van der Waals surface area contributed by atoms with E-state index in [1.165, 1.54) is 16.8 Å². The van der Waals surface area contributed by atoms with Crippen LogP contribution in [-0.2, 0) is 4.79 Å². The van der Waals surface area contributed by atoms with E-state index in [4.69, 9.17) is 5.73 Å². The van der Waals surface area contributed by atoms with Crippen LogP contribution >= 0.6 is 0 Å². The highest BCUT2D eigenvalue weighted by molar-refractivity contribution is 5.76. The van der Waals surface area contributed by atoms with Crippen molar-refractivity contribution in [1.29, 1.82) is 0 Å². The summed E-state index contributed by atoms with van der Waals surface area (Å²) in [6.45, 7) is 0. The molecule has 2 atom stereocenters. The highest BCUT2D eigenvalue weighted by atomic mass is 19.1. The van der Waals surface area contributed by atoms with Crippen LogP contribution in [0, 0.1) is 17.6 Å². The monoisotopic (exact) mass is 398 g/mol. The van der Waals surface area contributed by atoms with Gasteiger partial charge in [0.1, 0.15) is 17.2 Å². The zero-order chi connectivity index (χ0) is 20.4. The molecule has 0 bridgehead atoms. The fourth-order valence-electron chi connectivity index (χ4n) is 3.57. The number of hydrogen-bond donors (Lipinski definition) is 2. The van der Waals surface area contributed by atoms with E-state index in [1.807, 2.05) is 0 Å². The Balaban J connectivity index is 1.54. The number of halogens is 2. The molecule has 0 spiro atoms. The van der Waals surface area contributed by atoms with Gasteiger partial charge in [-0.25, -0.2) is 23.4 Å². The summed E-state index contributed by atoms with van der Waals surface area (Å²) in [5.74, 6) is -1.15. The standard InChI is InChI=1S/C20H20F2N6O/c21-13-4-6-15(7-5-13)28-9-8-17(27-28)18-16(22)11-24-20(26-18)25-14-3-1-2-12(10-14)19(23)29/h4-9,11-12,14H,1-3,10H2,(H2,23,29)(H,24,25,26). The van der Waals surface area contributed by atoms with Crippen molar-refractivity contribution >= 4 is 11.9 Å². The number of carbonyl (C=O) groups is 1. The number of benzene rings is 1. The lowest BCUT2D eigenvalue weighted by Crippen LogP contribution is -2.34. The first-order valence-corrected chi connectivity index (χ1v) is 9.40. The number of carbonyl (C=O) groups excluding carboxylic acids is 1. The Hall–Kier alpha value is -3.36. The number of anilines is 1. The predicted octanol–water partition coefficient (Wildman–Crippen LogP) is 3.06. The second-order valence-electron chi connectivity index (χ2n) is 7.12. The van der Waals surface area contributed by atoms with Crippen molar-refractivity contribution in [2.45, 2.75) is 31.7 Å². The number of nitrogens with two attached hydrogens (primary N) is 1. The first kappa shape index (κ1) is 19.0. The number of amides is 1. The van der Waals surface area contributed by atoms with Crippen LogP contribution in [0.25, 0.3) is 17.1 Å². The zero-order valence-corrected chi connectivity index (χ0v) is 15.6. The summed E-state index contributed by atoms with van der Waals surface area (Å²) in [4.78, 5) is 19.7. The minimum absolute atomic E-state index is 0.00339. The SMILES string of the molecule is NC(=O)C1CCCC(Nc2ncc(F)c(-c3ccn(-c4ccc(F)cc4)n3)n2)C1. The largest absolute Gasteiger partial charge is 0.369 e. The molecule has 150 valence electrons. The topological polar surface area (TPSA) is 98.7 Å². The summed E-state index contributed by atoms with van der Waals surface area (Å²) in [6.07, 6.45) is 5.86. The Bertz CT molecular complexity index is 1020. The molecule has 7 nitrogen and oxygen atoms in total. The molecule has 2 aromatic heterocycles. The van der Waals surface area contributed by atoms with Gasteiger partial charge < -0.3 is 11.1 Å². The maximum atomic E-state index is 14.4. The number of rotatable bonds is 5. The van der Waals surface area contributed by atoms with Crippen LogP contribution in [0.3, 0.4) is 0 Å². The molecule has 2 heterocycles. The number of nitrogens with zero attached hydrogens (tertiary/aromatic N) is 4. The van der Waals surface area contributed by atoms with Crippen molar-refractivity contribution in [3.8, 4) is 17.1 Å². The van der Waals surface area contributed by atoms with Crippen LogP contribution in [-0.4, -0.2) is 31.7 Å². The summed E-state index contributed by atoms with van der Waals surface area (Å²) in [5, 5.41) is 7.51. The Morgan fingerprint density at radius 1 is 1.17 bits per heavy atom. The Kier molecular flexibility index (Phi) is 5.20. The molecule has 29 heavy (non-hydrogen) atoms. The number of primary amides is 1. The van der Waals surface area contributed by atoms with Gasteiger partial charge in [0.15, 0.2) is 5.82 Å². The van der Waals surface area contributed by atoms with Gasteiger partial charge in [0.05, 0.1) is 11.9 Å². The second-order valence-corrected chi connectivity index (χ2v) is 7.12. The summed E-state index contributed by atoms with van der Waals surface area (Å²) in [6, 6.07) is 7.43. The maximum Gasteiger partial charge on any atom is 0.223 e. The molecule has 0 saturated heterocycles. The van der Waals surface area contributed by atoms with E-state index in [9.17, 15) is 13.6 Å². The predicted molar refractivity (Wildman–Crippen MR) is 103 cm³/mol. The third kappa shape index (κ3) is 4.23. The van der Waals surface area contributed by atoms with Gasteiger partial charge in [0.2, 0.25) is 11.9 Å². The van der Waals surface area contributed by atoms with Crippen molar-refractivity contribution in [2.75, 3.05) is 5.32 Å². The minimum Gasteiger partial charge on any atom is -0.369 e. The Morgan fingerprint density at radius 2 is 1.97 bits per heavy atom. The zero-order valence-electron chi connectivity index (χ0n) is 15.6. The van der Waals surface area contributed by atoms with Gasteiger partial charge in [-0.05, 0) is 49.6 Å². The third-order valence-electron chi connectivity index (χ3n) is 5.08. The average Bonchev–Trinajstić information content (AvgIpc) is 3.20. The molecule has 3 N–H and O–H groups in total. The van der Waals surface area contributed by atoms with Crippen LogP contribution in [0.4, 0.5) is 14.7 Å². The van der Waals surface area contributed by atoms with Gasteiger partial charge in [-0.1, -0.05) is 6.42 Å². The maximum absolute atomic E-state index is 14.4. The van der Waals surface area contributed by atoms with Gasteiger partial charge >= 0.3 is 0 Å². The molecule has 1 aliphatic carbocycles. The molecule has 1 aliphatic rings. The van der Waals surface area contributed by atoms with Crippen LogP contribution in [0.2, 0.25) is 0 Å². The number of hydrogen-bond acceptors (Lipinski definition) is 5. The van der Waals surface area contributed by atoms with Gasteiger partial charge in [-0.3, -0.25) is 4.79 Å². The van der Waals surface area contributed by atoms with E-state index in [0.29, 0.717) is 17.8 Å². The fraction of sp³-hybridized carbons (Fsp3) is 0.300.